The maximum Gasteiger partial charge on any atom is 0.127 e. The molecule has 6 heterocycles. The van der Waals surface area contributed by atoms with Gasteiger partial charge in [-0.2, -0.15) is 0 Å². The van der Waals surface area contributed by atoms with Gasteiger partial charge in [-0.25, -0.2) is 0 Å². The number of benzene rings is 6. The summed E-state index contributed by atoms with van der Waals surface area (Å²) in [7, 11) is 0. The third-order valence-electron chi connectivity index (χ3n) is 37.7. The lowest BCUT2D eigenvalue weighted by atomic mass is 9.64. The Hall–Kier alpha value is -7.08. The van der Waals surface area contributed by atoms with Crippen LogP contribution in [0.25, 0.3) is 0 Å². The van der Waals surface area contributed by atoms with Gasteiger partial charge in [-0.15, -0.1) is 0 Å². The SMILES string of the molecule is CCCCCc1cc(OCCOc2cc(CCCCC)cc3c2[C@@H]2C[C@@H](C)CC[C@H]2C(C)(C)O3)c2c(c1)OC(C)(C)[C@@H]1CC[C@@H](C)C[C@@H]21.CCCCCc1cc(OCCOc2cc(CCCCC)cc3c2[C@@H]2C[C@@H](C)CC[C@H]2C(C)(C)O3)c2c(c1)OC(C)(C)[C@@H]1CC[C@H](C)C[C@@H]21.CCCCCc1cc(OCCOc2cc(CCCCC)cc3c2[C@@H]2C[C@H](C)CC[C@H]2C(C)(C)O3)c2c(c1)OC(C)(C)[C@@H]1CC[C@@H](C)C[C@@H]21. The van der Waals surface area contributed by atoms with Crippen molar-refractivity contribution in [1.29, 1.82) is 0 Å². The summed E-state index contributed by atoms with van der Waals surface area (Å²) in [4.78, 5) is 0. The molecule has 144 heavy (non-hydrogen) atoms. The predicted molar refractivity (Wildman–Crippen MR) is 595 cm³/mol. The van der Waals surface area contributed by atoms with Crippen molar-refractivity contribution in [2.75, 3.05) is 39.6 Å². The average molecular weight is 1980 g/mol. The van der Waals surface area contributed by atoms with Crippen molar-refractivity contribution < 1.29 is 56.8 Å². The molecular formula is C132H198O12. The molecule has 0 unspecified atom stereocenters. The van der Waals surface area contributed by atoms with Crippen LogP contribution in [-0.4, -0.2) is 73.2 Å². The Balaban J connectivity index is 0.000000155. The second kappa shape index (κ2) is 48.0. The van der Waals surface area contributed by atoms with E-state index in [9.17, 15) is 0 Å². The lowest BCUT2D eigenvalue weighted by Crippen LogP contribution is -2.47. The van der Waals surface area contributed by atoms with Crippen LogP contribution >= 0.6 is 0 Å². The quantitative estimate of drug-likeness (QED) is 0.0343. The van der Waals surface area contributed by atoms with Crippen LogP contribution in [0.1, 0.15) is 500 Å². The highest BCUT2D eigenvalue weighted by atomic mass is 16.6. The van der Waals surface area contributed by atoms with Crippen LogP contribution in [0.15, 0.2) is 72.8 Å². The largest absolute Gasteiger partial charge is 0.490 e. The molecule has 12 aliphatic rings. The van der Waals surface area contributed by atoms with Crippen molar-refractivity contribution in [3.05, 3.63) is 140 Å². The summed E-state index contributed by atoms with van der Waals surface area (Å²) in [5, 5.41) is 0. The Morgan fingerprint density at radius 2 is 0.340 bits per heavy atom. The minimum atomic E-state index is -0.160. The van der Waals surface area contributed by atoms with Crippen molar-refractivity contribution >= 4 is 0 Å². The first-order chi connectivity index (χ1) is 69.0. The van der Waals surface area contributed by atoms with Crippen LogP contribution in [-0.2, 0) is 38.5 Å². The predicted octanol–water partition coefficient (Wildman–Crippen LogP) is 36.0. The summed E-state index contributed by atoms with van der Waals surface area (Å²) < 4.78 is 81.9. The van der Waals surface area contributed by atoms with Gasteiger partial charge < -0.3 is 56.8 Å². The molecule has 798 valence electrons. The van der Waals surface area contributed by atoms with Gasteiger partial charge in [-0.3, -0.25) is 0 Å². The van der Waals surface area contributed by atoms with E-state index >= 15 is 0 Å². The summed E-state index contributed by atoms with van der Waals surface area (Å²) in [6.07, 6.45) is 50.7. The smallest absolute Gasteiger partial charge is 0.127 e. The zero-order valence-corrected chi connectivity index (χ0v) is 95.2. The van der Waals surface area contributed by atoms with Crippen LogP contribution in [0, 0.1) is 71.0 Å². The summed E-state index contributed by atoms with van der Waals surface area (Å²) in [6.45, 7) is 59.0. The summed E-state index contributed by atoms with van der Waals surface area (Å²) >= 11 is 0. The van der Waals surface area contributed by atoms with E-state index in [1.165, 1.54) is 298 Å². The molecule has 6 fully saturated rings. The Morgan fingerprint density at radius 3 is 0.472 bits per heavy atom. The van der Waals surface area contributed by atoms with E-state index in [0.717, 1.165) is 143 Å². The van der Waals surface area contributed by atoms with E-state index in [1.54, 1.807) is 0 Å². The number of fused-ring (bicyclic) bond motifs is 18. The van der Waals surface area contributed by atoms with E-state index in [0.29, 0.717) is 111 Å². The second-order valence-corrected chi connectivity index (χ2v) is 51.9. The molecule has 0 N–H and O–H groups in total. The summed E-state index contributed by atoms with van der Waals surface area (Å²) in [5.41, 5.74) is 14.9. The molecule has 18 rings (SSSR count). The van der Waals surface area contributed by atoms with Gasteiger partial charge in [0.2, 0.25) is 0 Å². The molecule has 0 saturated heterocycles. The monoisotopic (exact) mass is 1980 g/mol. The molecule has 6 aromatic rings. The molecule has 0 spiro atoms. The molecule has 12 nitrogen and oxygen atoms in total. The Morgan fingerprint density at radius 1 is 0.201 bits per heavy atom. The van der Waals surface area contributed by atoms with Crippen molar-refractivity contribution in [2.45, 2.75) is 505 Å². The van der Waals surface area contributed by atoms with E-state index < -0.39 is 0 Å². The summed E-state index contributed by atoms with van der Waals surface area (Å²) in [5.74, 6) is 22.9. The van der Waals surface area contributed by atoms with Gasteiger partial charge in [-0.1, -0.05) is 199 Å². The second-order valence-electron chi connectivity index (χ2n) is 51.9. The highest BCUT2D eigenvalue weighted by molar-refractivity contribution is 5.59. The number of hydrogen-bond donors (Lipinski definition) is 0. The van der Waals surface area contributed by atoms with Crippen molar-refractivity contribution in [2.24, 2.45) is 71.0 Å². The highest BCUT2D eigenvalue weighted by Gasteiger charge is 2.55. The number of unbranched alkanes of at least 4 members (excludes halogenated alkanes) is 12. The normalized spacial score (nSPS) is 28.2. The lowest BCUT2D eigenvalue weighted by molar-refractivity contribution is -0.0157. The van der Waals surface area contributed by atoms with Crippen LogP contribution < -0.4 is 56.8 Å². The van der Waals surface area contributed by atoms with Gasteiger partial charge in [0.05, 0.1) is 0 Å². The van der Waals surface area contributed by atoms with E-state index in [4.69, 9.17) is 56.8 Å². The molecule has 0 radical (unpaired) electrons. The third kappa shape index (κ3) is 25.5. The molecule has 6 saturated carbocycles. The molecule has 12 heteroatoms. The molecule has 6 aliphatic heterocycles. The number of hydrogen-bond acceptors (Lipinski definition) is 12. The maximum absolute atomic E-state index is 6.85. The molecule has 6 aromatic carbocycles. The molecule has 6 aliphatic carbocycles. The van der Waals surface area contributed by atoms with Crippen LogP contribution in [0.2, 0.25) is 0 Å². The average Bonchev–Trinajstić information content (AvgIpc) is 0.765. The van der Waals surface area contributed by atoms with E-state index in [-0.39, 0.29) is 33.6 Å². The molecular weight excluding hydrogens is 1780 g/mol. The number of rotatable bonds is 39. The zero-order chi connectivity index (χ0) is 102. The number of ether oxygens (including phenoxy) is 12. The first kappa shape index (κ1) is 110. The highest BCUT2D eigenvalue weighted by Crippen LogP contribution is 2.64. The lowest BCUT2D eigenvalue weighted by Gasteiger charge is -2.49. The van der Waals surface area contributed by atoms with Gasteiger partial charge in [-0.05, 0) is 414 Å². The Bertz CT molecular complexity index is 4360. The molecule has 0 bridgehead atoms. The van der Waals surface area contributed by atoms with Crippen LogP contribution in [0.4, 0.5) is 0 Å². The van der Waals surface area contributed by atoms with Gasteiger partial charge in [0.15, 0.2) is 0 Å². The molecule has 18 atom stereocenters. The standard InChI is InChI=1S/3C44H66O4/c3*1-9-11-13-15-31-25-37(41-33-23-29(3)17-19-35(33)43(5,6)47-39(41)27-31)45-21-22-46-38-26-32(16-14-12-10-2)28-40-42(38)34-24-30(4)18-20-36(34)44(7,8)48-40/h3*25-30,33-36H,9-24H2,1-8H3/t29-,30+,33-,34-,35-,36-;29-,30-,33+,34+,35+,36+;29-,30-,33-,34-,35-,36-/m101/s1. The Kier molecular flexibility index (Phi) is 36.6. The van der Waals surface area contributed by atoms with Crippen LogP contribution in [0.5, 0.6) is 69.0 Å². The topological polar surface area (TPSA) is 111 Å². The van der Waals surface area contributed by atoms with Gasteiger partial charge in [0.25, 0.3) is 0 Å². The van der Waals surface area contributed by atoms with E-state index in [1.807, 2.05) is 0 Å². The fraction of sp³-hybridized carbons (Fsp3) is 0.727. The van der Waals surface area contributed by atoms with Gasteiger partial charge in [0, 0.05) is 68.9 Å². The minimum absolute atomic E-state index is 0.160. The number of aryl methyl sites for hydroxylation is 6. The van der Waals surface area contributed by atoms with Gasteiger partial charge in [0.1, 0.15) is 142 Å². The fourth-order valence-electron chi connectivity index (χ4n) is 29.9. The zero-order valence-electron chi connectivity index (χ0n) is 95.2. The third-order valence-corrected chi connectivity index (χ3v) is 37.7. The van der Waals surface area contributed by atoms with Crippen molar-refractivity contribution in [3.63, 3.8) is 0 Å². The first-order valence-corrected chi connectivity index (χ1v) is 59.9. The van der Waals surface area contributed by atoms with Gasteiger partial charge >= 0.3 is 0 Å². The van der Waals surface area contributed by atoms with E-state index in [2.05, 4.69) is 239 Å². The molecule has 0 aromatic heterocycles. The van der Waals surface area contributed by atoms with Crippen LogP contribution in [0.3, 0.4) is 0 Å². The van der Waals surface area contributed by atoms with Crippen molar-refractivity contribution in [3.8, 4) is 69.0 Å². The van der Waals surface area contributed by atoms with Crippen molar-refractivity contribution in [1.82, 2.24) is 0 Å². The summed E-state index contributed by atoms with van der Waals surface area (Å²) in [6, 6.07) is 28.1. The Labute approximate surface area is 875 Å². The fourth-order valence-corrected chi connectivity index (χ4v) is 29.9. The first-order valence-electron chi connectivity index (χ1n) is 59.9. The maximum atomic E-state index is 6.85. The molecule has 0 amide bonds. The minimum Gasteiger partial charge on any atom is -0.490 e.